The average molecular weight is 271 g/mol. The number of hydrogen-bond donors (Lipinski definition) is 3. The molecule has 0 aliphatic heterocycles. The molecule has 5 heteroatoms. The lowest BCUT2D eigenvalue weighted by Gasteiger charge is -2.07. The third-order valence-corrected chi connectivity index (χ3v) is 3.36. The first-order chi connectivity index (χ1) is 9.72. The SMILES string of the molecule is O=C(CCNc1cc2ccccc2c(=O)[nH]1)NC1CC1. The quantitative estimate of drug-likeness (QED) is 0.773. The van der Waals surface area contributed by atoms with Gasteiger partial charge in [0.1, 0.15) is 5.82 Å². The lowest BCUT2D eigenvalue weighted by atomic mass is 10.2. The summed E-state index contributed by atoms with van der Waals surface area (Å²) in [5, 5.41) is 7.58. The highest BCUT2D eigenvalue weighted by Gasteiger charge is 2.22. The Morgan fingerprint density at radius 1 is 1.30 bits per heavy atom. The topological polar surface area (TPSA) is 74.0 Å². The minimum absolute atomic E-state index is 0.0585. The summed E-state index contributed by atoms with van der Waals surface area (Å²) in [6.07, 6.45) is 2.60. The maximum Gasteiger partial charge on any atom is 0.257 e. The lowest BCUT2D eigenvalue weighted by molar-refractivity contribution is -0.120. The fourth-order valence-electron chi connectivity index (χ4n) is 2.14. The zero-order chi connectivity index (χ0) is 13.9. The standard InChI is InChI=1S/C15H17N3O2/c19-14(17-11-5-6-11)7-8-16-13-9-10-3-1-2-4-12(10)15(20)18-13/h1-4,9,11H,5-8H2,(H,17,19)(H2,16,18,20). The van der Waals surface area contributed by atoms with Gasteiger partial charge in [0.05, 0.1) is 0 Å². The van der Waals surface area contributed by atoms with Crippen LogP contribution in [-0.2, 0) is 4.79 Å². The molecule has 0 saturated heterocycles. The van der Waals surface area contributed by atoms with Crippen LogP contribution in [0, 0.1) is 0 Å². The molecule has 3 N–H and O–H groups in total. The van der Waals surface area contributed by atoms with Crippen LogP contribution < -0.4 is 16.2 Å². The summed E-state index contributed by atoms with van der Waals surface area (Å²) in [7, 11) is 0. The Morgan fingerprint density at radius 2 is 2.10 bits per heavy atom. The number of aromatic amines is 1. The molecule has 1 aliphatic carbocycles. The zero-order valence-corrected chi connectivity index (χ0v) is 11.1. The number of rotatable bonds is 5. The summed E-state index contributed by atoms with van der Waals surface area (Å²) >= 11 is 0. The van der Waals surface area contributed by atoms with Crippen molar-refractivity contribution < 1.29 is 4.79 Å². The Morgan fingerprint density at radius 3 is 2.90 bits per heavy atom. The van der Waals surface area contributed by atoms with Crippen LogP contribution in [0.4, 0.5) is 5.82 Å². The van der Waals surface area contributed by atoms with Gasteiger partial charge in [-0.2, -0.15) is 0 Å². The normalized spacial score (nSPS) is 14.2. The second-order valence-corrected chi connectivity index (χ2v) is 5.12. The Hall–Kier alpha value is -2.30. The largest absolute Gasteiger partial charge is 0.371 e. The molecule has 1 aliphatic rings. The molecule has 0 bridgehead atoms. The van der Waals surface area contributed by atoms with Gasteiger partial charge in [-0.1, -0.05) is 18.2 Å². The van der Waals surface area contributed by atoms with Crippen LogP contribution in [0.2, 0.25) is 0 Å². The first-order valence-corrected chi connectivity index (χ1v) is 6.88. The summed E-state index contributed by atoms with van der Waals surface area (Å²) in [6.45, 7) is 0.507. The van der Waals surface area contributed by atoms with Crippen molar-refractivity contribution >= 4 is 22.5 Å². The van der Waals surface area contributed by atoms with Crippen LogP contribution in [0.5, 0.6) is 0 Å². The molecule has 1 saturated carbocycles. The number of amides is 1. The van der Waals surface area contributed by atoms with Crippen molar-refractivity contribution in [3.05, 3.63) is 40.7 Å². The van der Waals surface area contributed by atoms with E-state index in [4.69, 9.17) is 0 Å². The first-order valence-electron chi connectivity index (χ1n) is 6.88. The van der Waals surface area contributed by atoms with E-state index in [1.807, 2.05) is 24.3 Å². The van der Waals surface area contributed by atoms with E-state index in [0.717, 1.165) is 18.2 Å². The molecule has 0 atom stereocenters. The lowest BCUT2D eigenvalue weighted by Crippen LogP contribution is -2.27. The second kappa shape index (κ2) is 5.36. The van der Waals surface area contributed by atoms with Crippen molar-refractivity contribution in [1.82, 2.24) is 10.3 Å². The highest BCUT2D eigenvalue weighted by atomic mass is 16.1. The van der Waals surface area contributed by atoms with Crippen molar-refractivity contribution in [3.8, 4) is 0 Å². The van der Waals surface area contributed by atoms with Crippen LogP contribution in [0.25, 0.3) is 10.8 Å². The van der Waals surface area contributed by atoms with Gasteiger partial charge in [-0.05, 0) is 30.4 Å². The van der Waals surface area contributed by atoms with Crippen molar-refractivity contribution in [2.24, 2.45) is 0 Å². The van der Waals surface area contributed by atoms with Gasteiger partial charge in [0.25, 0.3) is 5.56 Å². The highest BCUT2D eigenvalue weighted by molar-refractivity contribution is 5.83. The number of pyridine rings is 1. The molecule has 104 valence electrons. The molecule has 3 rings (SSSR count). The van der Waals surface area contributed by atoms with Gasteiger partial charge in [-0.3, -0.25) is 9.59 Å². The number of benzene rings is 1. The van der Waals surface area contributed by atoms with Crippen molar-refractivity contribution in [2.45, 2.75) is 25.3 Å². The van der Waals surface area contributed by atoms with Crippen LogP contribution >= 0.6 is 0 Å². The molecule has 0 spiro atoms. The van der Waals surface area contributed by atoms with E-state index in [1.165, 1.54) is 0 Å². The Balaban J connectivity index is 1.62. The average Bonchev–Trinajstić information content (AvgIpc) is 3.23. The zero-order valence-electron chi connectivity index (χ0n) is 11.1. The van der Waals surface area contributed by atoms with E-state index in [1.54, 1.807) is 6.07 Å². The molecular formula is C15H17N3O2. The molecule has 1 amide bonds. The number of carbonyl (C=O) groups excluding carboxylic acids is 1. The van der Waals surface area contributed by atoms with Gasteiger partial charge in [0, 0.05) is 24.4 Å². The number of H-pyrrole nitrogens is 1. The van der Waals surface area contributed by atoms with Crippen molar-refractivity contribution in [2.75, 3.05) is 11.9 Å². The predicted octanol–water partition coefficient (Wildman–Crippen LogP) is 1.61. The summed E-state index contributed by atoms with van der Waals surface area (Å²) in [4.78, 5) is 26.2. The minimum atomic E-state index is -0.118. The molecule has 0 radical (unpaired) electrons. The van der Waals surface area contributed by atoms with Crippen LogP contribution in [-0.4, -0.2) is 23.5 Å². The number of fused-ring (bicyclic) bond motifs is 1. The molecule has 1 aromatic carbocycles. The molecule has 1 fully saturated rings. The minimum Gasteiger partial charge on any atom is -0.371 e. The summed E-state index contributed by atoms with van der Waals surface area (Å²) in [5.41, 5.74) is -0.118. The predicted molar refractivity (Wildman–Crippen MR) is 78.8 cm³/mol. The summed E-state index contributed by atoms with van der Waals surface area (Å²) < 4.78 is 0. The Kier molecular flexibility index (Phi) is 3.41. The van der Waals surface area contributed by atoms with E-state index in [0.29, 0.717) is 30.2 Å². The van der Waals surface area contributed by atoms with E-state index in [9.17, 15) is 9.59 Å². The molecule has 0 unspecified atom stereocenters. The van der Waals surface area contributed by atoms with Crippen molar-refractivity contribution in [3.63, 3.8) is 0 Å². The maximum absolute atomic E-state index is 11.9. The third kappa shape index (κ3) is 2.99. The summed E-state index contributed by atoms with van der Waals surface area (Å²) in [6, 6.07) is 9.70. The van der Waals surface area contributed by atoms with Crippen LogP contribution in [0.1, 0.15) is 19.3 Å². The van der Waals surface area contributed by atoms with Gasteiger partial charge in [0.2, 0.25) is 5.91 Å². The molecular weight excluding hydrogens is 254 g/mol. The fraction of sp³-hybridized carbons (Fsp3) is 0.333. The van der Waals surface area contributed by atoms with Gasteiger partial charge in [-0.15, -0.1) is 0 Å². The smallest absolute Gasteiger partial charge is 0.257 e. The van der Waals surface area contributed by atoms with E-state index < -0.39 is 0 Å². The van der Waals surface area contributed by atoms with Gasteiger partial charge in [-0.25, -0.2) is 0 Å². The third-order valence-electron chi connectivity index (χ3n) is 3.36. The molecule has 1 aromatic heterocycles. The van der Waals surface area contributed by atoms with Crippen LogP contribution in [0.15, 0.2) is 35.1 Å². The van der Waals surface area contributed by atoms with Gasteiger partial charge >= 0.3 is 0 Å². The first kappa shape index (κ1) is 12.7. The van der Waals surface area contributed by atoms with Crippen molar-refractivity contribution in [1.29, 1.82) is 0 Å². The molecule has 5 nitrogen and oxygen atoms in total. The van der Waals surface area contributed by atoms with E-state index in [2.05, 4.69) is 15.6 Å². The number of carbonyl (C=O) groups is 1. The number of nitrogens with one attached hydrogen (secondary N) is 3. The number of aromatic nitrogens is 1. The molecule has 1 heterocycles. The van der Waals surface area contributed by atoms with Gasteiger partial charge < -0.3 is 15.6 Å². The Bertz CT molecular complexity index is 689. The van der Waals surface area contributed by atoms with E-state index in [-0.39, 0.29) is 11.5 Å². The Labute approximate surface area is 116 Å². The highest BCUT2D eigenvalue weighted by Crippen LogP contribution is 2.18. The monoisotopic (exact) mass is 271 g/mol. The van der Waals surface area contributed by atoms with Gasteiger partial charge in [0.15, 0.2) is 0 Å². The van der Waals surface area contributed by atoms with E-state index >= 15 is 0 Å². The maximum atomic E-state index is 11.9. The number of hydrogen-bond acceptors (Lipinski definition) is 3. The number of anilines is 1. The van der Waals surface area contributed by atoms with Crippen LogP contribution in [0.3, 0.4) is 0 Å². The second-order valence-electron chi connectivity index (χ2n) is 5.12. The fourth-order valence-corrected chi connectivity index (χ4v) is 2.14. The molecule has 20 heavy (non-hydrogen) atoms. The molecule has 2 aromatic rings. The summed E-state index contributed by atoms with van der Waals surface area (Å²) in [5.74, 6) is 0.705.